The quantitative estimate of drug-likeness (QED) is 0.159. The molecule has 0 unspecified atom stereocenters. The topological polar surface area (TPSA) is 21.7 Å². The second-order valence-corrected chi connectivity index (χ2v) is 22.1. The molecular formula is C80H51NO2. The Bertz CT molecular complexity index is 4420. The highest BCUT2D eigenvalue weighted by atomic mass is 16.5. The van der Waals surface area contributed by atoms with Gasteiger partial charge in [0.1, 0.15) is 23.0 Å². The average molecular weight is 1060 g/mol. The van der Waals surface area contributed by atoms with E-state index in [0.29, 0.717) is 0 Å². The summed E-state index contributed by atoms with van der Waals surface area (Å²) in [6.45, 7) is 0. The SMILES string of the molecule is c1ccc(-c2ccc(-c3ccc(N(c4ccccc4-c4cccc5c4-c4ccccc4C54c5ccccc5Oc5ccccc54)c4ccccc4-c4cccc5c4-c4ccccc4C54c5ccccc5Oc5ccccc54)cc3)cc2)cc1. The van der Waals surface area contributed by atoms with Gasteiger partial charge in [0.25, 0.3) is 0 Å². The largest absolute Gasteiger partial charge is 0.457 e. The summed E-state index contributed by atoms with van der Waals surface area (Å²) >= 11 is 0. The van der Waals surface area contributed by atoms with Crippen molar-refractivity contribution in [1.82, 2.24) is 0 Å². The van der Waals surface area contributed by atoms with Crippen molar-refractivity contribution in [3.8, 4) is 89.8 Å². The van der Waals surface area contributed by atoms with Crippen molar-refractivity contribution in [3.63, 3.8) is 0 Å². The second-order valence-electron chi connectivity index (χ2n) is 22.1. The third-order valence-corrected chi connectivity index (χ3v) is 18.1. The highest BCUT2D eigenvalue weighted by molar-refractivity contribution is 6.04. The Morgan fingerprint density at radius 3 is 0.904 bits per heavy atom. The van der Waals surface area contributed by atoms with Gasteiger partial charge in [-0.05, 0) is 126 Å². The number of rotatable bonds is 7. The summed E-state index contributed by atoms with van der Waals surface area (Å²) < 4.78 is 13.5. The summed E-state index contributed by atoms with van der Waals surface area (Å²) in [5.41, 5.74) is 25.7. The molecule has 0 saturated heterocycles. The standard InChI is InChI=1S/C80H51NO2/c1-2-22-52(23-3-1)53-44-46-54(47-45-53)55-48-50-56(51-49-55)81(71-38-14-6-24-57(71)59-28-20-36-69-77(59)61-26-4-8-30-63(61)79(69)65-32-10-16-40-73(65)82-74-41-17-11-33-66(74)79)72-39-15-7-25-58(72)60-29-21-37-70-78(60)62-27-5-9-31-64(62)80(70)67-34-12-18-42-75(67)83-76-43-19-13-35-68(76)80/h1-51H. The van der Waals surface area contributed by atoms with E-state index in [-0.39, 0.29) is 0 Å². The maximum Gasteiger partial charge on any atom is 0.132 e. The molecule has 3 heteroatoms. The molecule has 0 atom stereocenters. The molecule has 2 aliphatic heterocycles. The summed E-state index contributed by atoms with van der Waals surface area (Å²) in [7, 11) is 0. The Hall–Kier alpha value is -10.7. The van der Waals surface area contributed by atoms with Crippen molar-refractivity contribution in [2.45, 2.75) is 10.8 Å². The fourth-order valence-electron chi connectivity index (χ4n) is 14.7. The lowest BCUT2D eigenvalue weighted by atomic mass is 9.66. The van der Waals surface area contributed by atoms with Crippen molar-refractivity contribution < 1.29 is 9.47 Å². The van der Waals surface area contributed by atoms with Crippen molar-refractivity contribution in [1.29, 1.82) is 0 Å². The van der Waals surface area contributed by atoms with Gasteiger partial charge in [-0.25, -0.2) is 0 Å². The first-order valence-corrected chi connectivity index (χ1v) is 28.6. The number of benzene rings is 13. The van der Waals surface area contributed by atoms with Gasteiger partial charge >= 0.3 is 0 Å². The Balaban J connectivity index is 0.897. The van der Waals surface area contributed by atoms with E-state index in [1.165, 1.54) is 55.6 Å². The van der Waals surface area contributed by atoms with Crippen LogP contribution in [0.5, 0.6) is 23.0 Å². The van der Waals surface area contributed by atoms with Crippen LogP contribution in [0.3, 0.4) is 0 Å². The zero-order valence-electron chi connectivity index (χ0n) is 45.2. The third kappa shape index (κ3) is 6.74. The van der Waals surface area contributed by atoms with Crippen molar-refractivity contribution in [3.05, 3.63) is 354 Å². The lowest BCUT2D eigenvalue weighted by molar-refractivity contribution is 0.436. The second kappa shape index (κ2) is 18.4. The molecule has 0 N–H and O–H groups in total. The van der Waals surface area contributed by atoms with E-state index >= 15 is 0 Å². The van der Waals surface area contributed by atoms with Crippen LogP contribution in [-0.2, 0) is 10.8 Å². The van der Waals surface area contributed by atoms with E-state index in [0.717, 1.165) is 95.7 Å². The first-order valence-electron chi connectivity index (χ1n) is 28.6. The van der Waals surface area contributed by atoms with Crippen LogP contribution in [0.1, 0.15) is 44.5 Å². The van der Waals surface area contributed by atoms with Gasteiger partial charge in [0.05, 0.1) is 22.2 Å². The van der Waals surface area contributed by atoms with E-state index < -0.39 is 10.8 Å². The Morgan fingerprint density at radius 1 is 0.205 bits per heavy atom. The minimum absolute atomic E-state index is 0.615. The fraction of sp³-hybridized carbons (Fsp3) is 0.0250. The molecule has 13 aromatic rings. The molecule has 0 radical (unpaired) electrons. The van der Waals surface area contributed by atoms with Crippen LogP contribution in [0.2, 0.25) is 0 Å². The first-order chi connectivity index (χ1) is 41.2. The Labute approximate surface area is 483 Å². The maximum absolute atomic E-state index is 6.76. The molecule has 0 fully saturated rings. The minimum atomic E-state index is -0.615. The van der Waals surface area contributed by atoms with Crippen LogP contribution in [0.4, 0.5) is 17.1 Å². The van der Waals surface area contributed by atoms with Gasteiger partial charge < -0.3 is 14.4 Å². The molecular weight excluding hydrogens is 1010 g/mol. The molecule has 2 heterocycles. The lowest BCUT2D eigenvalue weighted by Crippen LogP contribution is -2.32. The zero-order chi connectivity index (χ0) is 54.6. The highest BCUT2D eigenvalue weighted by Gasteiger charge is 2.53. The van der Waals surface area contributed by atoms with Crippen LogP contribution in [0.15, 0.2) is 309 Å². The van der Waals surface area contributed by atoms with E-state index in [2.05, 4.69) is 314 Å². The summed E-state index contributed by atoms with van der Waals surface area (Å²) in [6.07, 6.45) is 0. The highest BCUT2D eigenvalue weighted by Crippen LogP contribution is 2.66. The molecule has 0 amide bonds. The maximum atomic E-state index is 6.76. The molecule has 3 nitrogen and oxygen atoms in total. The molecule has 0 bridgehead atoms. The van der Waals surface area contributed by atoms with E-state index in [1.807, 2.05) is 0 Å². The molecule has 0 aromatic heterocycles. The Kier molecular flexibility index (Phi) is 10.4. The number of nitrogens with zero attached hydrogens (tertiary/aromatic N) is 1. The van der Waals surface area contributed by atoms with Crippen LogP contribution in [0, 0.1) is 0 Å². The fourth-order valence-corrected chi connectivity index (χ4v) is 14.7. The van der Waals surface area contributed by atoms with Crippen molar-refractivity contribution in [2.24, 2.45) is 0 Å². The smallest absolute Gasteiger partial charge is 0.132 e. The summed E-state index contributed by atoms with van der Waals surface area (Å²) in [5.74, 6) is 3.52. The molecule has 2 aliphatic carbocycles. The molecule has 0 saturated carbocycles. The van der Waals surface area contributed by atoms with Crippen LogP contribution in [0.25, 0.3) is 66.8 Å². The van der Waals surface area contributed by atoms with Crippen LogP contribution >= 0.6 is 0 Å². The van der Waals surface area contributed by atoms with Crippen LogP contribution < -0.4 is 14.4 Å². The van der Waals surface area contributed by atoms with E-state index in [4.69, 9.17) is 9.47 Å². The van der Waals surface area contributed by atoms with Gasteiger partial charge in [0.2, 0.25) is 0 Å². The molecule has 2 spiro atoms. The lowest BCUT2D eigenvalue weighted by Gasteiger charge is -2.39. The number of para-hydroxylation sites is 6. The van der Waals surface area contributed by atoms with Gasteiger partial charge in [0, 0.05) is 39.1 Å². The molecule has 388 valence electrons. The van der Waals surface area contributed by atoms with Gasteiger partial charge in [0.15, 0.2) is 0 Å². The van der Waals surface area contributed by atoms with Gasteiger partial charge in [-0.1, -0.05) is 261 Å². The summed E-state index contributed by atoms with van der Waals surface area (Å²) in [4.78, 5) is 2.51. The monoisotopic (exact) mass is 1060 g/mol. The normalized spacial score (nSPS) is 13.7. The van der Waals surface area contributed by atoms with E-state index in [1.54, 1.807) is 0 Å². The molecule has 17 rings (SSSR count). The van der Waals surface area contributed by atoms with Crippen molar-refractivity contribution >= 4 is 17.1 Å². The molecule has 4 aliphatic rings. The Morgan fingerprint density at radius 2 is 0.494 bits per heavy atom. The van der Waals surface area contributed by atoms with Crippen LogP contribution in [-0.4, -0.2) is 0 Å². The molecule has 83 heavy (non-hydrogen) atoms. The van der Waals surface area contributed by atoms with Crippen molar-refractivity contribution in [2.75, 3.05) is 4.90 Å². The third-order valence-electron chi connectivity index (χ3n) is 18.1. The number of anilines is 3. The number of hydrogen-bond donors (Lipinski definition) is 0. The zero-order valence-corrected chi connectivity index (χ0v) is 45.2. The summed E-state index contributed by atoms with van der Waals surface area (Å²) in [6, 6.07) is 113. The number of fused-ring (bicyclic) bond motifs is 18. The molecule has 13 aromatic carbocycles. The van der Waals surface area contributed by atoms with Gasteiger partial charge in [-0.2, -0.15) is 0 Å². The summed E-state index contributed by atoms with van der Waals surface area (Å²) in [5, 5.41) is 0. The minimum Gasteiger partial charge on any atom is -0.457 e. The van der Waals surface area contributed by atoms with Gasteiger partial charge in [-0.3, -0.25) is 0 Å². The van der Waals surface area contributed by atoms with Gasteiger partial charge in [-0.15, -0.1) is 0 Å². The average Bonchev–Trinajstić information content (AvgIpc) is 3.53. The predicted octanol–water partition coefficient (Wildman–Crippen LogP) is 20.8. The van der Waals surface area contributed by atoms with E-state index in [9.17, 15) is 0 Å². The number of ether oxygens (including phenoxy) is 2. The number of hydrogen-bond acceptors (Lipinski definition) is 3. The first kappa shape index (κ1) is 47.1. The predicted molar refractivity (Wildman–Crippen MR) is 338 cm³/mol.